The molecule has 6 N–H and O–H groups in total. The normalized spacial score (nSPS) is 18.3. The molecule has 72 heavy (non-hydrogen) atoms. The molecule has 0 radical (unpaired) electrons. The van der Waals surface area contributed by atoms with E-state index in [1.807, 2.05) is 55.5 Å². The zero-order valence-corrected chi connectivity index (χ0v) is 42.3. The molecule has 3 aromatic carbocycles. The van der Waals surface area contributed by atoms with Crippen LogP contribution in [0.15, 0.2) is 65.5 Å². The molecule has 1 unspecified atom stereocenters. The molecule has 3 aliphatic rings. The van der Waals surface area contributed by atoms with Gasteiger partial charge in [-0.15, -0.1) is 0 Å². The van der Waals surface area contributed by atoms with Crippen LogP contribution in [-0.2, 0) is 82.3 Å². The van der Waals surface area contributed by atoms with Gasteiger partial charge < -0.3 is 36.1 Å². The lowest BCUT2D eigenvalue weighted by atomic mass is 10.0. The van der Waals surface area contributed by atoms with Crippen molar-refractivity contribution in [2.45, 2.75) is 147 Å². The number of hydrogen-bond donors (Lipinski definition) is 4. The third-order valence-electron chi connectivity index (χ3n) is 13.8. The number of para-hydroxylation sites is 1. The summed E-state index contributed by atoms with van der Waals surface area (Å²) in [7, 11) is 3.19. The maximum Gasteiger partial charge on any atom is 0.329 e. The SMILES string of the molecule is CC(=O)O.C[C@@H](OCc1ccc(CCCOCCCCCCOCCCc2ccc3c(c2)n(C)c(=O)n3C2CCC(=O)N(C)C2=O)cc1)[C@H](CCC(N)=O)NC(=O)[C@@H]1Cc2cccc3c2N1C(=O)[C@@H](N)CC3. The Bertz CT molecular complexity index is 2590. The van der Waals surface area contributed by atoms with Gasteiger partial charge >= 0.3 is 5.69 Å². The molecule has 5 atom stereocenters. The zero-order chi connectivity index (χ0) is 51.9. The number of carboxylic acids is 1. The molecule has 18 nitrogen and oxygen atoms in total. The summed E-state index contributed by atoms with van der Waals surface area (Å²) in [6, 6.07) is 17.5. The monoisotopic (exact) mass is 996 g/mol. The second-order valence-corrected chi connectivity index (χ2v) is 19.2. The van der Waals surface area contributed by atoms with Crippen LogP contribution in [0.2, 0.25) is 0 Å². The Labute approximate surface area is 421 Å². The fraction of sp³-hybridized carbons (Fsp3) is 0.537. The molecule has 7 rings (SSSR count). The lowest BCUT2D eigenvalue weighted by Gasteiger charge is -2.30. The number of carbonyl (C=O) groups is 6. The third-order valence-corrected chi connectivity index (χ3v) is 13.8. The van der Waals surface area contributed by atoms with E-state index in [4.69, 9.17) is 35.6 Å². The first-order valence-corrected chi connectivity index (χ1v) is 25.4. The molecule has 1 saturated heterocycles. The van der Waals surface area contributed by atoms with E-state index < -0.39 is 42.1 Å². The lowest BCUT2D eigenvalue weighted by molar-refractivity contribution is -0.149. The van der Waals surface area contributed by atoms with Crippen molar-refractivity contribution in [2.24, 2.45) is 18.5 Å². The minimum atomic E-state index is -0.833. The topological polar surface area (TPSA) is 248 Å². The number of amides is 5. The number of likely N-dealkylation sites (N-methyl/N-ethyl adjacent to an activating group) is 1. The predicted octanol–water partition coefficient (Wildman–Crippen LogP) is 4.80. The van der Waals surface area contributed by atoms with Crippen LogP contribution in [0.4, 0.5) is 5.69 Å². The average molecular weight is 996 g/mol. The first kappa shape index (κ1) is 55.1. The fourth-order valence-corrected chi connectivity index (χ4v) is 9.74. The molecule has 0 bridgehead atoms. The molecule has 0 spiro atoms. The van der Waals surface area contributed by atoms with Crippen LogP contribution < -0.4 is 27.4 Å². The minimum absolute atomic E-state index is 0.0840. The maximum atomic E-state index is 13.9. The number of primary amides is 1. The Hall–Kier alpha value is -6.21. The number of aromatic nitrogens is 2. The van der Waals surface area contributed by atoms with Crippen LogP contribution in [0.25, 0.3) is 11.0 Å². The van der Waals surface area contributed by atoms with E-state index in [-0.39, 0.29) is 42.2 Å². The van der Waals surface area contributed by atoms with Gasteiger partial charge in [-0.2, -0.15) is 0 Å². The number of fused-ring (bicyclic) bond motifs is 1. The predicted molar refractivity (Wildman–Crippen MR) is 272 cm³/mol. The number of nitrogens with one attached hydrogen (secondary N) is 1. The highest BCUT2D eigenvalue weighted by molar-refractivity contribution is 6.07. The summed E-state index contributed by atoms with van der Waals surface area (Å²) < 4.78 is 21.2. The van der Waals surface area contributed by atoms with Crippen molar-refractivity contribution >= 4 is 52.2 Å². The molecule has 1 fully saturated rings. The molecular weight excluding hydrogens is 923 g/mol. The van der Waals surface area contributed by atoms with Crippen LogP contribution in [0.5, 0.6) is 0 Å². The number of nitrogens with two attached hydrogens (primary N) is 2. The summed E-state index contributed by atoms with van der Waals surface area (Å²) in [6.45, 7) is 6.11. The Kier molecular flexibility index (Phi) is 20.3. The van der Waals surface area contributed by atoms with Gasteiger partial charge in [-0.3, -0.25) is 47.7 Å². The van der Waals surface area contributed by atoms with E-state index in [0.29, 0.717) is 57.4 Å². The molecule has 0 saturated carbocycles. The van der Waals surface area contributed by atoms with Gasteiger partial charge in [0, 0.05) is 66.7 Å². The maximum absolute atomic E-state index is 13.9. The Morgan fingerprint density at radius 3 is 2.06 bits per heavy atom. The Balaban J connectivity index is 0.00000204. The number of aliphatic carboxylic acids is 1. The van der Waals surface area contributed by atoms with E-state index in [1.54, 1.807) is 16.5 Å². The van der Waals surface area contributed by atoms with Crippen LogP contribution in [-0.4, -0.2) is 112 Å². The molecule has 390 valence electrons. The lowest BCUT2D eigenvalue weighted by Crippen LogP contribution is -2.55. The number of benzene rings is 3. The average Bonchev–Trinajstić information content (AvgIpc) is 3.83. The quantitative estimate of drug-likeness (QED) is 0.0517. The van der Waals surface area contributed by atoms with Gasteiger partial charge in [0.15, 0.2) is 0 Å². The second-order valence-electron chi connectivity index (χ2n) is 19.2. The molecule has 0 aliphatic carbocycles. The molecule has 3 aliphatic heterocycles. The number of hydrogen-bond acceptors (Lipinski definition) is 11. The number of aryl methyl sites for hydroxylation is 4. The van der Waals surface area contributed by atoms with Crippen molar-refractivity contribution in [3.8, 4) is 0 Å². The number of ether oxygens (including phenoxy) is 3. The Morgan fingerprint density at radius 1 is 0.778 bits per heavy atom. The number of unbranched alkanes of at least 4 members (excludes halogenated alkanes) is 3. The van der Waals surface area contributed by atoms with Gasteiger partial charge in [-0.25, -0.2) is 4.79 Å². The number of anilines is 1. The van der Waals surface area contributed by atoms with Crippen LogP contribution in [0, 0.1) is 0 Å². The molecular formula is C54H73N7O11. The number of imidazole rings is 1. The first-order chi connectivity index (χ1) is 34.5. The first-order valence-electron chi connectivity index (χ1n) is 25.4. The second kappa shape index (κ2) is 26.5. The summed E-state index contributed by atoms with van der Waals surface area (Å²) in [5, 5.41) is 10.5. The number of piperidine rings is 1. The zero-order valence-electron chi connectivity index (χ0n) is 42.3. The van der Waals surface area contributed by atoms with Gasteiger partial charge in [0.05, 0.1) is 41.5 Å². The molecule has 4 aromatic rings. The smallest absolute Gasteiger partial charge is 0.329 e. The van der Waals surface area contributed by atoms with Gasteiger partial charge in [0.2, 0.25) is 23.6 Å². The van der Waals surface area contributed by atoms with E-state index in [2.05, 4.69) is 17.4 Å². The molecule has 1 aromatic heterocycles. The Morgan fingerprint density at radius 2 is 1.39 bits per heavy atom. The van der Waals surface area contributed by atoms with Crippen molar-refractivity contribution in [3.05, 3.63) is 99.0 Å². The number of imide groups is 1. The summed E-state index contributed by atoms with van der Waals surface area (Å²) in [6.07, 6.45) is 9.82. The summed E-state index contributed by atoms with van der Waals surface area (Å²) in [4.78, 5) is 88.7. The van der Waals surface area contributed by atoms with Crippen LogP contribution in [0.1, 0.15) is 118 Å². The number of rotatable bonds is 25. The highest BCUT2D eigenvalue weighted by Crippen LogP contribution is 2.39. The van der Waals surface area contributed by atoms with Gasteiger partial charge in [0.1, 0.15) is 12.1 Å². The van der Waals surface area contributed by atoms with Crippen molar-refractivity contribution in [3.63, 3.8) is 0 Å². The van der Waals surface area contributed by atoms with Gasteiger partial charge in [0.25, 0.3) is 11.9 Å². The van der Waals surface area contributed by atoms with Crippen molar-refractivity contribution in [2.75, 3.05) is 38.4 Å². The van der Waals surface area contributed by atoms with Gasteiger partial charge in [-0.1, -0.05) is 61.4 Å². The molecule has 4 heterocycles. The largest absolute Gasteiger partial charge is 0.481 e. The highest BCUT2D eigenvalue weighted by atomic mass is 16.5. The fourth-order valence-electron chi connectivity index (χ4n) is 9.74. The summed E-state index contributed by atoms with van der Waals surface area (Å²) in [5.74, 6) is -2.41. The highest BCUT2D eigenvalue weighted by Gasteiger charge is 2.43. The van der Waals surface area contributed by atoms with Crippen molar-refractivity contribution < 1.29 is 48.1 Å². The van der Waals surface area contributed by atoms with E-state index in [1.165, 1.54) is 17.2 Å². The standard InChI is InChI=1S/C52H69N7O9.C2H4O2/c1-34(41(22-25-46(54)60)55-49(62)45-32-39-14-8-13-38-20-21-40(53)50(63)59(45)48(38)39)68-33-37-17-15-35(16-18-37)11-9-29-66-27-6-4-5-7-28-67-30-10-12-36-19-23-42-44(31-36)56(2)52(65)58(42)43-24-26-47(61)57(3)51(43)64;1-2(3)4/h8,13-19,23,31,34,40-41,43,45H,4-7,9-12,20-22,24-30,32-33,53H2,1-3H3,(H2,54,60)(H,55,62);1H3,(H,3,4)/t34-,40+,41+,43?,45+;/m1./s1. The number of carboxylic acid groups (broad SMARTS) is 1. The number of carbonyl (C=O) groups excluding carboxylic acids is 5. The minimum Gasteiger partial charge on any atom is -0.481 e. The van der Waals surface area contributed by atoms with Crippen LogP contribution in [0.3, 0.4) is 0 Å². The van der Waals surface area contributed by atoms with E-state index in [0.717, 1.165) is 110 Å². The molecule has 5 amide bonds. The number of likely N-dealkylation sites (tertiary alicyclic amines) is 1. The number of nitrogens with zero attached hydrogens (tertiary/aromatic N) is 4. The van der Waals surface area contributed by atoms with E-state index >= 15 is 0 Å². The van der Waals surface area contributed by atoms with E-state index in [9.17, 15) is 28.8 Å². The van der Waals surface area contributed by atoms with Crippen molar-refractivity contribution in [1.29, 1.82) is 0 Å². The van der Waals surface area contributed by atoms with Crippen LogP contribution >= 0.6 is 0 Å². The summed E-state index contributed by atoms with van der Waals surface area (Å²) >= 11 is 0. The van der Waals surface area contributed by atoms with Gasteiger partial charge in [-0.05, 0) is 111 Å². The third kappa shape index (κ3) is 14.5. The molecule has 18 heteroatoms. The van der Waals surface area contributed by atoms with Crippen molar-refractivity contribution in [1.82, 2.24) is 19.4 Å². The summed E-state index contributed by atoms with van der Waals surface area (Å²) in [5.41, 5.74) is 19.1.